The van der Waals surface area contributed by atoms with E-state index in [4.69, 9.17) is 4.74 Å². The predicted octanol–water partition coefficient (Wildman–Crippen LogP) is 1.47. The third kappa shape index (κ3) is 2.27. The molecule has 0 aromatic heterocycles. The van der Waals surface area contributed by atoms with E-state index in [9.17, 15) is 0 Å². The summed E-state index contributed by atoms with van der Waals surface area (Å²) in [7, 11) is 6.08. The Hall–Kier alpha value is -0.0800. The normalized spacial score (nSPS) is 13.8. The monoisotopic (exact) mass is 146 g/mol. The first-order chi connectivity index (χ1) is 4.31. The summed E-state index contributed by atoms with van der Waals surface area (Å²) in [6, 6.07) is 0. The molecule has 0 aromatic rings. The Labute approximate surface area is 64.4 Å². The minimum Gasteiger partial charge on any atom is -0.335 e. The molecule has 0 aliphatic heterocycles. The molecule has 62 valence electrons. The van der Waals surface area contributed by atoms with Crippen molar-refractivity contribution in [2.24, 2.45) is 0 Å². The van der Waals surface area contributed by atoms with Gasteiger partial charge in [-0.25, -0.2) is 0 Å². The maximum absolute atomic E-state index is 5.11. The van der Waals surface area contributed by atoms with Crippen LogP contribution in [0.3, 0.4) is 0 Å². The van der Waals surface area contributed by atoms with Crippen molar-refractivity contribution in [3.63, 3.8) is 0 Å². The highest BCUT2D eigenvalue weighted by molar-refractivity contribution is 4.58. The first-order valence-corrected chi connectivity index (χ1v) is 3.63. The topological polar surface area (TPSA) is 9.23 Å². The van der Waals surface area contributed by atoms with Crippen LogP contribution in [0.15, 0.2) is 0 Å². The van der Waals surface area contributed by atoms with Crippen molar-refractivity contribution >= 4 is 0 Å². The molecule has 0 aliphatic rings. The van der Waals surface area contributed by atoms with Crippen LogP contribution in [-0.2, 0) is 4.74 Å². The highest BCUT2D eigenvalue weighted by Gasteiger charge is 2.30. The first-order valence-electron chi connectivity index (χ1n) is 3.63. The average Bonchev–Trinajstić information content (AvgIpc) is 1.61. The lowest BCUT2D eigenvalue weighted by Crippen LogP contribution is -2.55. The number of ether oxygens (including phenoxy) is 1. The Balaban J connectivity index is 4.10. The largest absolute Gasteiger partial charge is 0.335 e. The quantitative estimate of drug-likeness (QED) is 0.423. The van der Waals surface area contributed by atoms with E-state index < -0.39 is 0 Å². The first kappa shape index (κ1) is 9.92. The minimum absolute atomic E-state index is 0.260. The van der Waals surface area contributed by atoms with E-state index in [1.807, 2.05) is 0 Å². The Morgan fingerprint density at radius 1 is 1.20 bits per heavy atom. The van der Waals surface area contributed by atoms with E-state index in [0.29, 0.717) is 0 Å². The van der Waals surface area contributed by atoms with Gasteiger partial charge in [-0.05, 0) is 20.8 Å². The predicted molar refractivity (Wildman–Crippen MR) is 43.7 cm³/mol. The van der Waals surface area contributed by atoms with Crippen molar-refractivity contribution < 1.29 is 9.22 Å². The molecule has 0 rings (SSSR count). The summed E-state index contributed by atoms with van der Waals surface area (Å²) in [5, 5.41) is 0. The van der Waals surface area contributed by atoms with Crippen LogP contribution in [0.4, 0.5) is 0 Å². The third-order valence-corrected chi connectivity index (χ3v) is 2.27. The average molecular weight is 146 g/mol. The van der Waals surface area contributed by atoms with E-state index in [-0.39, 0.29) is 5.54 Å². The molecule has 0 spiro atoms. The van der Waals surface area contributed by atoms with E-state index in [1.54, 1.807) is 7.11 Å². The van der Waals surface area contributed by atoms with Crippen LogP contribution in [-0.4, -0.2) is 38.0 Å². The van der Waals surface area contributed by atoms with Gasteiger partial charge in [0.1, 0.15) is 0 Å². The zero-order valence-corrected chi connectivity index (χ0v) is 8.06. The van der Waals surface area contributed by atoms with Crippen molar-refractivity contribution in [2.45, 2.75) is 26.3 Å². The fourth-order valence-electron chi connectivity index (χ4n) is 0.516. The van der Waals surface area contributed by atoms with E-state index in [0.717, 1.165) is 11.2 Å². The Bertz CT molecular complexity index is 102. The maximum Gasteiger partial charge on any atom is 0.182 e. The molecule has 0 fully saturated rings. The molecule has 0 aliphatic carbocycles. The summed E-state index contributed by atoms with van der Waals surface area (Å²) in [5.41, 5.74) is 0.260. The minimum atomic E-state index is 0.260. The van der Waals surface area contributed by atoms with Gasteiger partial charge in [0.2, 0.25) is 0 Å². The van der Waals surface area contributed by atoms with E-state index in [1.165, 1.54) is 0 Å². The highest BCUT2D eigenvalue weighted by Crippen LogP contribution is 2.17. The van der Waals surface area contributed by atoms with Gasteiger partial charge in [-0.2, -0.15) is 0 Å². The summed E-state index contributed by atoms with van der Waals surface area (Å²) >= 11 is 0. The molecule has 0 bridgehead atoms. The zero-order chi connectivity index (χ0) is 8.41. The molecule has 0 aromatic carbocycles. The van der Waals surface area contributed by atoms with Crippen LogP contribution >= 0.6 is 0 Å². The maximum atomic E-state index is 5.11. The van der Waals surface area contributed by atoms with Crippen molar-refractivity contribution in [3.8, 4) is 0 Å². The van der Waals surface area contributed by atoms with Gasteiger partial charge in [-0.3, -0.25) is 0 Å². The molecule has 0 radical (unpaired) electrons. The summed E-state index contributed by atoms with van der Waals surface area (Å²) in [6.07, 6.45) is 0. The van der Waals surface area contributed by atoms with Gasteiger partial charge >= 0.3 is 0 Å². The van der Waals surface area contributed by atoms with Crippen LogP contribution in [0.1, 0.15) is 20.8 Å². The van der Waals surface area contributed by atoms with Gasteiger partial charge in [0, 0.05) is 7.11 Å². The second kappa shape index (κ2) is 2.89. The fourth-order valence-corrected chi connectivity index (χ4v) is 0.516. The van der Waals surface area contributed by atoms with E-state index >= 15 is 0 Å². The summed E-state index contributed by atoms with van der Waals surface area (Å²) in [4.78, 5) is 0. The van der Waals surface area contributed by atoms with Crippen molar-refractivity contribution in [2.75, 3.05) is 27.9 Å². The van der Waals surface area contributed by atoms with Crippen LogP contribution in [0.2, 0.25) is 0 Å². The summed E-state index contributed by atoms with van der Waals surface area (Å²) < 4.78 is 6.00. The molecule has 0 saturated carbocycles. The van der Waals surface area contributed by atoms with Gasteiger partial charge in [0.25, 0.3) is 0 Å². The molecule has 0 saturated heterocycles. The molecular formula is C8H20NO+. The van der Waals surface area contributed by atoms with Crippen molar-refractivity contribution in [1.82, 2.24) is 0 Å². The van der Waals surface area contributed by atoms with Crippen LogP contribution in [0, 0.1) is 0 Å². The molecule has 10 heavy (non-hydrogen) atoms. The molecule has 2 nitrogen and oxygen atoms in total. The molecule has 0 amide bonds. The molecule has 0 unspecified atom stereocenters. The molecule has 0 atom stereocenters. The van der Waals surface area contributed by atoms with Gasteiger partial charge < -0.3 is 9.22 Å². The number of rotatable bonds is 2. The molecular weight excluding hydrogens is 126 g/mol. The second-order valence-corrected chi connectivity index (χ2v) is 4.27. The van der Waals surface area contributed by atoms with Gasteiger partial charge in [-0.1, -0.05) is 0 Å². The standard InChI is InChI=1S/C8H20NO/c1-8(2,3)9(4,5)7-10-6/h7H2,1-6H3/q+1. The van der Waals surface area contributed by atoms with Gasteiger partial charge in [-0.15, -0.1) is 0 Å². The van der Waals surface area contributed by atoms with Crippen LogP contribution < -0.4 is 0 Å². The third-order valence-electron chi connectivity index (χ3n) is 2.27. The SMILES string of the molecule is COC[N+](C)(C)C(C)(C)C. The molecule has 0 heterocycles. The van der Waals surface area contributed by atoms with Crippen LogP contribution in [0.25, 0.3) is 0 Å². The van der Waals surface area contributed by atoms with Crippen molar-refractivity contribution in [3.05, 3.63) is 0 Å². The Morgan fingerprint density at radius 3 is 1.70 bits per heavy atom. The zero-order valence-electron chi connectivity index (χ0n) is 8.06. The Kier molecular flexibility index (Phi) is 2.86. The number of quaternary nitrogens is 1. The summed E-state index contributed by atoms with van der Waals surface area (Å²) in [5.74, 6) is 0. The lowest BCUT2D eigenvalue weighted by molar-refractivity contribution is -0.952. The smallest absolute Gasteiger partial charge is 0.182 e. The Morgan fingerprint density at radius 2 is 1.60 bits per heavy atom. The molecule has 0 N–H and O–H groups in total. The van der Waals surface area contributed by atoms with Gasteiger partial charge in [0.15, 0.2) is 6.73 Å². The van der Waals surface area contributed by atoms with Crippen molar-refractivity contribution in [1.29, 1.82) is 0 Å². The number of methoxy groups -OCH3 is 1. The number of hydrogen-bond donors (Lipinski definition) is 0. The second-order valence-electron chi connectivity index (χ2n) is 4.27. The van der Waals surface area contributed by atoms with Gasteiger partial charge in [0.05, 0.1) is 19.6 Å². The lowest BCUT2D eigenvalue weighted by atomic mass is 10.1. The lowest BCUT2D eigenvalue weighted by Gasteiger charge is -2.41. The molecule has 2 heteroatoms. The number of nitrogens with zero attached hydrogens (tertiary/aromatic N) is 1. The summed E-state index contributed by atoms with van der Waals surface area (Å²) in [6.45, 7) is 7.41. The fraction of sp³-hybridized carbons (Fsp3) is 1.00. The highest BCUT2D eigenvalue weighted by atomic mass is 16.5. The van der Waals surface area contributed by atoms with Crippen LogP contribution in [0.5, 0.6) is 0 Å². The number of hydrogen-bond acceptors (Lipinski definition) is 1. The van der Waals surface area contributed by atoms with E-state index in [2.05, 4.69) is 34.9 Å².